The highest BCUT2D eigenvalue weighted by atomic mass is 32.2. The van der Waals surface area contributed by atoms with Gasteiger partial charge in [-0.1, -0.05) is 18.2 Å². The first-order valence-electron chi connectivity index (χ1n) is 9.87. The molecular weight excluding hydrogens is 402 g/mol. The number of nitrogens with zero attached hydrogens (tertiary/aromatic N) is 1. The Bertz CT molecular complexity index is 1070. The van der Waals surface area contributed by atoms with Crippen LogP contribution in [0.3, 0.4) is 0 Å². The van der Waals surface area contributed by atoms with E-state index in [0.29, 0.717) is 43.0 Å². The van der Waals surface area contributed by atoms with Gasteiger partial charge >= 0.3 is 0 Å². The maximum absolute atomic E-state index is 12.8. The van der Waals surface area contributed by atoms with E-state index in [1.807, 2.05) is 30.3 Å². The van der Waals surface area contributed by atoms with E-state index < -0.39 is 15.1 Å². The van der Waals surface area contributed by atoms with Crippen molar-refractivity contribution in [3.8, 4) is 11.5 Å². The normalized spacial score (nSPS) is 15.1. The molecule has 1 aliphatic rings. The molecule has 1 aliphatic heterocycles. The van der Waals surface area contributed by atoms with Crippen LogP contribution in [0.15, 0.2) is 77.4 Å². The number of rotatable bonds is 6. The SMILES string of the molecule is O=C(c1ccc(Oc2ccccc2)cc1)N1CCC(S(=O)(=O)Cc2ccco2)CC1. The van der Waals surface area contributed by atoms with Gasteiger partial charge in [0.2, 0.25) is 0 Å². The number of benzene rings is 2. The van der Waals surface area contributed by atoms with E-state index >= 15 is 0 Å². The summed E-state index contributed by atoms with van der Waals surface area (Å²) in [6.07, 6.45) is 2.34. The zero-order chi connectivity index (χ0) is 21.0. The standard InChI is InChI=1S/C23H23NO5S/c25-23(18-8-10-20(11-9-18)29-19-5-2-1-3-6-19)24-14-12-22(13-15-24)30(26,27)17-21-7-4-16-28-21/h1-11,16,22H,12-15,17H2. The molecule has 6 nitrogen and oxygen atoms in total. The van der Waals surface area contributed by atoms with Crippen LogP contribution in [-0.2, 0) is 15.6 Å². The molecule has 0 N–H and O–H groups in total. The summed E-state index contributed by atoms with van der Waals surface area (Å²) in [5.74, 6) is 1.64. The maximum atomic E-state index is 12.8. The highest BCUT2D eigenvalue weighted by Gasteiger charge is 2.32. The number of furan rings is 1. The third-order valence-electron chi connectivity index (χ3n) is 5.24. The first-order chi connectivity index (χ1) is 14.5. The average molecular weight is 426 g/mol. The van der Waals surface area contributed by atoms with E-state index in [0.717, 1.165) is 5.75 Å². The van der Waals surface area contributed by atoms with Crippen LogP contribution in [0.1, 0.15) is 29.0 Å². The van der Waals surface area contributed by atoms with Crippen molar-refractivity contribution in [3.05, 3.63) is 84.3 Å². The molecule has 0 aliphatic carbocycles. The first kappa shape index (κ1) is 20.2. The van der Waals surface area contributed by atoms with Crippen molar-refractivity contribution >= 4 is 15.7 Å². The summed E-state index contributed by atoms with van der Waals surface area (Å²) in [4.78, 5) is 14.5. The minimum absolute atomic E-state index is 0.0943. The van der Waals surface area contributed by atoms with Gasteiger partial charge in [0.15, 0.2) is 9.84 Å². The number of para-hydroxylation sites is 1. The topological polar surface area (TPSA) is 76.8 Å². The van der Waals surface area contributed by atoms with Crippen LogP contribution in [0, 0.1) is 0 Å². The number of hydrogen-bond donors (Lipinski definition) is 0. The van der Waals surface area contributed by atoms with Crippen LogP contribution in [0.2, 0.25) is 0 Å². The summed E-state index contributed by atoms with van der Waals surface area (Å²) in [5, 5.41) is -0.451. The van der Waals surface area contributed by atoms with Gasteiger partial charge in [-0.05, 0) is 61.4 Å². The second kappa shape index (κ2) is 8.75. The van der Waals surface area contributed by atoms with E-state index in [1.165, 1.54) is 6.26 Å². The molecule has 0 bridgehead atoms. The minimum atomic E-state index is -3.30. The second-order valence-electron chi connectivity index (χ2n) is 7.32. The first-order valence-corrected chi connectivity index (χ1v) is 11.6. The third-order valence-corrected chi connectivity index (χ3v) is 7.41. The van der Waals surface area contributed by atoms with E-state index in [9.17, 15) is 13.2 Å². The van der Waals surface area contributed by atoms with Gasteiger partial charge in [0.1, 0.15) is 23.0 Å². The lowest BCUT2D eigenvalue weighted by Gasteiger charge is -2.31. The Morgan fingerprint density at radius 3 is 2.23 bits per heavy atom. The molecule has 0 atom stereocenters. The van der Waals surface area contributed by atoms with E-state index in [1.54, 1.807) is 41.3 Å². The molecule has 0 radical (unpaired) electrons. The Kier molecular flexibility index (Phi) is 5.90. The van der Waals surface area contributed by atoms with E-state index in [4.69, 9.17) is 9.15 Å². The Balaban J connectivity index is 1.34. The molecule has 2 aromatic carbocycles. The van der Waals surface area contributed by atoms with E-state index in [-0.39, 0.29) is 11.7 Å². The lowest BCUT2D eigenvalue weighted by Crippen LogP contribution is -2.42. The smallest absolute Gasteiger partial charge is 0.253 e. The van der Waals surface area contributed by atoms with Gasteiger partial charge in [0, 0.05) is 18.7 Å². The predicted octanol–water partition coefficient (Wildman–Crippen LogP) is 4.29. The van der Waals surface area contributed by atoms with Crippen molar-refractivity contribution in [1.82, 2.24) is 4.90 Å². The lowest BCUT2D eigenvalue weighted by molar-refractivity contribution is 0.0725. The number of amides is 1. The summed E-state index contributed by atoms with van der Waals surface area (Å²) in [5.41, 5.74) is 0.562. The molecule has 3 aromatic rings. The van der Waals surface area contributed by atoms with E-state index in [2.05, 4.69) is 0 Å². The highest BCUT2D eigenvalue weighted by Crippen LogP contribution is 2.25. The molecule has 1 amide bonds. The van der Waals surface area contributed by atoms with Crippen LogP contribution in [0.25, 0.3) is 0 Å². The number of piperidine rings is 1. The molecule has 4 rings (SSSR count). The van der Waals surface area contributed by atoms with Crippen molar-refractivity contribution in [1.29, 1.82) is 0 Å². The van der Waals surface area contributed by atoms with Gasteiger partial charge in [0.25, 0.3) is 5.91 Å². The van der Waals surface area contributed by atoms with Crippen molar-refractivity contribution in [2.24, 2.45) is 0 Å². The second-order valence-corrected chi connectivity index (χ2v) is 9.60. The van der Waals surface area contributed by atoms with Crippen LogP contribution in [0.5, 0.6) is 11.5 Å². The zero-order valence-electron chi connectivity index (χ0n) is 16.4. The molecule has 1 saturated heterocycles. The molecule has 0 spiro atoms. The summed E-state index contributed by atoms with van der Waals surface area (Å²) in [7, 11) is -3.30. The van der Waals surface area contributed by atoms with Crippen molar-refractivity contribution in [2.75, 3.05) is 13.1 Å². The van der Waals surface area contributed by atoms with Gasteiger partial charge < -0.3 is 14.1 Å². The number of carbonyl (C=O) groups excluding carboxylic acids is 1. The van der Waals surface area contributed by atoms with Crippen LogP contribution < -0.4 is 4.74 Å². The lowest BCUT2D eigenvalue weighted by atomic mass is 10.1. The number of likely N-dealkylation sites (tertiary alicyclic amines) is 1. The van der Waals surface area contributed by atoms with Gasteiger partial charge in [-0.3, -0.25) is 4.79 Å². The Labute approximate surface area is 176 Å². The molecule has 1 fully saturated rings. The Morgan fingerprint density at radius 1 is 0.933 bits per heavy atom. The number of carbonyl (C=O) groups is 1. The van der Waals surface area contributed by atoms with Gasteiger partial charge in [-0.2, -0.15) is 0 Å². The molecular formula is C23H23NO5S. The van der Waals surface area contributed by atoms with Crippen LogP contribution in [-0.4, -0.2) is 37.6 Å². The van der Waals surface area contributed by atoms with Crippen LogP contribution in [0.4, 0.5) is 0 Å². The summed E-state index contributed by atoms with van der Waals surface area (Å²) >= 11 is 0. The Hall–Kier alpha value is -3.06. The number of hydrogen-bond acceptors (Lipinski definition) is 5. The number of sulfone groups is 1. The third kappa shape index (κ3) is 4.74. The monoisotopic (exact) mass is 425 g/mol. The Morgan fingerprint density at radius 2 is 1.60 bits per heavy atom. The molecule has 30 heavy (non-hydrogen) atoms. The van der Waals surface area contributed by atoms with Crippen molar-refractivity contribution < 1.29 is 22.4 Å². The van der Waals surface area contributed by atoms with Crippen LogP contribution >= 0.6 is 0 Å². The summed E-state index contributed by atoms with van der Waals surface area (Å²) in [6, 6.07) is 19.8. The van der Waals surface area contributed by atoms with Gasteiger partial charge in [-0.15, -0.1) is 0 Å². The highest BCUT2D eigenvalue weighted by molar-refractivity contribution is 7.91. The molecule has 2 heterocycles. The molecule has 1 aromatic heterocycles. The number of ether oxygens (including phenoxy) is 1. The zero-order valence-corrected chi connectivity index (χ0v) is 17.3. The predicted molar refractivity (Wildman–Crippen MR) is 113 cm³/mol. The molecule has 156 valence electrons. The minimum Gasteiger partial charge on any atom is -0.468 e. The molecule has 0 saturated carbocycles. The van der Waals surface area contributed by atoms with Gasteiger partial charge in [0.05, 0.1) is 11.5 Å². The fourth-order valence-corrected chi connectivity index (χ4v) is 5.33. The molecule has 0 unspecified atom stereocenters. The largest absolute Gasteiger partial charge is 0.468 e. The summed E-state index contributed by atoms with van der Waals surface area (Å²) in [6.45, 7) is 0.840. The average Bonchev–Trinajstić information content (AvgIpc) is 3.27. The maximum Gasteiger partial charge on any atom is 0.253 e. The quantitative estimate of drug-likeness (QED) is 0.589. The van der Waals surface area contributed by atoms with Gasteiger partial charge in [-0.25, -0.2) is 8.42 Å². The van der Waals surface area contributed by atoms with Crippen molar-refractivity contribution in [3.63, 3.8) is 0 Å². The molecule has 7 heteroatoms. The summed E-state index contributed by atoms with van der Waals surface area (Å²) < 4.78 is 36.1. The fourth-order valence-electron chi connectivity index (χ4n) is 3.60. The fraction of sp³-hybridized carbons (Fsp3) is 0.261. The van der Waals surface area contributed by atoms with Crippen molar-refractivity contribution in [2.45, 2.75) is 23.8 Å².